The number of rotatable bonds is 4. The zero-order valence-electron chi connectivity index (χ0n) is 11.9. The molecule has 1 N–H and O–H groups in total. The maximum absolute atomic E-state index is 11.1. The van der Waals surface area contributed by atoms with Gasteiger partial charge in [-0.1, -0.05) is 35.5 Å². The Morgan fingerprint density at radius 1 is 1.43 bits per heavy atom. The topological polar surface area (TPSA) is 66.6 Å². The van der Waals surface area contributed by atoms with E-state index in [0.717, 1.165) is 23.6 Å². The minimum atomic E-state index is -0.713. The number of carboxylic acids is 1. The molecular weight excluding hydrogens is 268 g/mol. The summed E-state index contributed by atoms with van der Waals surface area (Å²) in [7, 11) is 0. The van der Waals surface area contributed by atoms with Crippen molar-refractivity contribution >= 4 is 5.97 Å². The first-order valence-electron chi connectivity index (χ1n) is 7.13. The van der Waals surface area contributed by atoms with Crippen molar-refractivity contribution in [3.63, 3.8) is 0 Å². The van der Waals surface area contributed by atoms with Crippen molar-refractivity contribution in [1.29, 1.82) is 0 Å². The molecule has 1 aliphatic rings. The molecule has 1 saturated heterocycles. The quantitative estimate of drug-likeness (QED) is 0.936. The van der Waals surface area contributed by atoms with Crippen molar-refractivity contribution in [2.24, 2.45) is 5.92 Å². The number of carbonyl (C=O) groups is 1. The van der Waals surface area contributed by atoms with E-state index in [1.807, 2.05) is 43.3 Å². The van der Waals surface area contributed by atoms with E-state index in [1.54, 1.807) is 0 Å². The van der Waals surface area contributed by atoms with Crippen molar-refractivity contribution in [2.45, 2.75) is 25.9 Å². The Kier molecular flexibility index (Phi) is 3.75. The van der Waals surface area contributed by atoms with E-state index < -0.39 is 5.97 Å². The Labute approximate surface area is 123 Å². The second-order valence-electron chi connectivity index (χ2n) is 5.49. The molecule has 2 aromatic rings. The predicted octanol–water partition coefficient (Wildman–Crippen LogP) is 2.64. The molecule has 1 aromatic heterocycles. The monoisotopic (exact) mass is 286 g/mol. The molecule has 3 rings (SSSR count). The Hall–Kier alpha value is -2.14. The number of benzene rings is 1. The summed E-state index contributed by atoms with van der Waals surface area (Å²) in [5, 5.41) is 13.3. The van der Waals surface area contributed by atoms with Gasteiger partial charge in [-0.25, -0.2) is 0 Å². The normalized spacial score (nSPS) is 22.5. The molecule has 2 unspecified atom stereocenters. The SMILES string of the molecule is CC1C(C(=O)O)CCN1Cc1cc(-c2ccccc2)on1. The maximum atomic E-state index is 11.1. The lowest BCUT2D eigenvalue weighted by atomic mass is 10.0. The van der Waals surface area contributed by atoms with Crippen molar-refractivity contribution in [3.05, 3.63) is 42.1 Å². The summed E-state index contributed by atoms with van der Waals surface area (Å²) in [6.45, 7) is 3.37. The first kappa shape index (κ1) is 13.8. The highest BCUT2D eigenvalue weighted by Gasteiger charge is 2.35. The van der Waals surface area contributed by atoms with Crippen LogP contribution in [0.15, 0.2) is 40.9 Å². The van der Waals surface area contributed by atoms with Crippen molar-refractivity contribution in [2.75, 3.05) is 6.54 Å². The third kappa shape index (κ3) is 2.83. The van der Waals surface area contributed by atoms with Crippen LogP contribution in [0.5, 0.6) is 0 Å². The fourth-order valence-electron chi connectivity index (χ4n) is 2.89. The van der Waals surface area contributed by atoms with Crippen LogP contribution in [0.4, 0.5) is 0 Å². The Morgan fingerprint density at radius 2 is 2.19 bits per heavy atom. The molecule has 0 spiro atoms. The lowest BCUT2D eigenvalue weighted by Gasteiger charge is -2.21. The summed E-state index contributed by atoms with van der Waals surface area (Å²) >= 11 is 0. The van der Waals surface area contributed by atoms with Gasteiger partial charge in [-0.15, -0.1) is 0 Å². The van der Waals surface area contributed by atoms with E-state index in [4.69, 9.17) is 9.63 Å². The molecule has 5 nitrogen and oxygen atoms in total. The Bertz CT molecular complexity index is 623. The number of aliphatic carboxylic acids is 1. The summed E-state index contributed by atoms with van der Waals surface area (Å²) in [5.41, 5.74) is 1.83. The van der Waals surface area contributed by atoms with E-state index >= 15 is 0 Å². The number of hydrogen-bond donors (Lipinski definition) is 1. The number of likely N-dealkylation sites (tertiary alicyclic amines) is 1. The molecule has 0 saturated carbocycles. The van der Waals surface area contributed by atoms with Crippen molar-refractivity contribution in [3.8, 4) is 11.3 Å². The number of carboxylic acid groups (broad SMARTS) is 1. The van der Waals surface area contributed by atoms with Crippen LogP contribution in [0.1, 0.15) is 19.0 Å². The molecule has 110 valence electrons. The highest BCUT2D eigenvalue weighted by Crippen LogP contribution is 2.27. The minimum absolute atomic E-state index is 0.0272. The van der Waals surface area contributed by atoms with Gasteiger partial charge in [0.15, 0.2) is 5.76 Å². The fourth-order valence-corrected chi connectivity index (χ4v) is 2.89. The minimum Gasteiger partial charge on any atom is -0.481 e. The highest BCUT2D eigenvalue weighted by molar-refractivity contribution is 5.71. The van der Waals surface area contributed by atoms with Gasteiger partial charge in [0.05, 0.1) is 11.6 Å². The lowest BCUT2D eigenvalue weighted by molar-refractivity contribution is -0.142. The van der Waals surface area contributed by atoms with Gasteiger partial charge in [-0.3, -0.25) is 9.69 Å². The highest BCUT2D eigenvalue weighted by atomic mass is 16.5. The summed E-state index contributed by atoms with van der Waals surface area (Å²) in [6.07, 6.45) is 0.694. The molecular formula is C16H18N2O3. The molecule has 5 heteroatoms. The zero-order valence-corrected chi connectivity index (χ0v) is 11.9. The van der Waals surface area contributed by atoms with E-state index in [9.17, 15) is 4.79 Å². The van der Waals surface area contributed by atoms with Crippen LogP contribution in [0, 0.1) is 5.92 Å². The van der Waals surface area contributed by atoms with Crippen LogP contribution in [-0.4, -0.2) is 33.7 Å². The third-order valence-electron chi connectivity index (χ3n) is 4.19. The second-order valence-corrected chi connectivity index (χ2v) is 5.49. The maximum Gasteiger partial charge on any atom is 0.308 e. The van der Waals surface area contributed by atoms with Crippen LogP contribution in [-0.2, 0) is 11.3 Å². The standard InChI is InChI=1S/C16H18N2O3/c1-11-14(16(19)20)7-8-18(11)10-13-9-15(21-17-13)12-5-3-2-4-6-12/h2-6,9,11,14H,7-8,10H2,1H3,(H,19,20). The van der Waals surface area contributed by atoms with E-state index in [1.165, 1.54) is 0 Å². The molecule has 1 aliphatic heterocycles. The predicted molar refractivity (Wildman–Crippen MR) is 77.6 cm³/mol. The molecule has 0 radical (unpaired) electrons. The van der Waals surface area contributed by atoms with Crippen LogP contribution in [0.25, 0.3) is 11.3 Å². The molecule has 1 fully saturated rings. The molecule has 0 amide bonds. The molecule has 0 bridgehead atoms. The molecule has 2 atom stereocenters. The van der Waals surface area contributed by atoms with Crippen molar-refractivity contribution < 1.29 is 14.4 Å². The molecule has 21 heavy (non-hydrogen) atoms. The summed E-state index contributed by atoms with van der Waals surface area (Å²) in [4.78, 5) is 13.3. The second kappa shape index (κ2) is 5.69. The molecule has 1 aromatic carbocycles. The van der Waals surface area contributed by atoms with Crippen LogP contribution in [0.3, 0.4) is 0 Å². The third-order valence-corrected chi connectivity index (χ3v) is 4.19. The van der Waals surface area contributed by atoms with Gasteiger partial charge in [0, 0.05) is 24.2 Å². The average molecular weight is 286 g/mol. The van der Waals surface area contributed by atoms with Crippen LogP contribution >= 0.6 is 0 Å². The van der Waals surface area contributed by atoms with E-state index in [2.05, 4.69) is 10.1 Å². The van der Waals surface area contributed by atoms with Gasteiger partial charge in [0.25, 0.3) is 0 Å². The fraction of sp³-hybridized carbons (Fsp3) is 0.375. The van der Waals surface area contributed by atoms with Gasteiger partial charge < -0.3 is 9.63 Å². The zero-order chi connectivity index (χ0) is 14.8. The lowest BCUT2D eigenvalue weighted by Crippen LogP contribution is -2.32. The number of hydrogen-bond acceptors (Lipinski definition) is 4. The van der Waals surface area contributed by atoms with Gasteiger partial charge >= 0.3 is 5.97 Å². The van der Waals surface area contributed by atoms with Crippen LogP contribution < -0.4 is 0 Å². The van der Waals surface area contributed by atoms with E-state index in [-0.39, 0.29) is 12.0 Å². The summed E-state index contributed by atoms with van der Waals surface area (Å²) in [6, 6.07) is 11.8. The summed E-state index contributed by atoms with van der Waals surface area (Å²) in [5.74, 6) is -0.257. The number of nitrogens with zero attached hydrogens (tertiary/aromatic N) is 2. The Morgan fingerprint density at radius 3 is 2.86 bits per heavy atom. The van der Waals surface area contributed by atoms with Gasteiger partial charge in [0.2, 0.25) is 0 Å². The summed E-state index contributed by atoms with van der Waals surface area (Å²) < 4.78 is 5.38. The largest absolute Gasteiger partial charge is 0.481 e. The number of aromatic nitrogens is 1. The molecule has 2 heterocycles. The van der Waals surface area contributed by atoms with Gasteiger partial charge in [-0.05, 0) is 19.9 Å². The van der Waals surface area contributed by atoms with E-state index in [0.29, 0.717) is 13.0 Å². The smallest absolute Gasteiger partial charge is 0.308 e. The first-order chi connectivity index (χ1) is 10.1. The van der Waals surface area contributed by atoms with Crippen molar-refractivity contribution in [1.82, 2.24) is 10.1 Å². The average Bonchev–Trinajstić information content (AvgIpc) is 3.08. The Balaban J connectivity index is 1.70. The van der Waals surface area contributed by atoms with Crippen LogP contribution in [0.2, 0.25) is 0 Å². The van der Waals surface area contributed by atoms with Gasteiger partial charge in [0.1, 0.15) is 0 Å². The van der Waals surface area contributed by atoms with Gasteiger partial charge in [-0.2, -0.15) is 0 Å². The molecule has 0 aliphatic carbocycles. The first-order valence-corrected chi connectivity index (χ1v) is 7.13.